The molecule has 0 aliphatic rings. The number of nitrogens with zero attached hydrogens (tertiary/aromatic N) is 1. The van der Waals surface area contributed by atoms with Crippen molar-refractivity contribution < 1.29 is 4.79 Å². The van der Waals surface area contributed by atoms with Gasteiger partial charge >= 0.3 is 0 Å². The van der Waals surface area contributed by atoms with Crippen LogP contribution >= 0.6 is 22.6 Å². The number of rotatable bonds is 3. The number of amides is 1. The average molecular weight is 379 g/mol. The van der Waals surface area contributed by atoms with Gasteiger partial charge in [0.25, 0.3) is 5.91 Å². The van der Waals surface area contributed by atoms with Crippen molar-refractivity contribution in [3.63, 3.8) is 0 Å². The Balaban J connectivity index is 2.11. The SMILES string of the molecule is C/C(=N/NC(=O)c1ccccc1I)c1ccc(N)cc1. The summed E-state index contributed by atoms with van der Waals surface area (Å²) in [6.45, 7) is 1.84. The van der Waals surface area contributed by atoms with Gasteiger partial charge in [0.15, 0.2) is 0 Å². The maximum absolute atomic E-state index is 12.0. The molecule has 0 saturated heterocycles. The van der Waals surface area contributed by atoms with E-state index in [1.165, 1.54) is 0 Å². The second-order valence-corrected chi connectivity index (χ2v) is 5.40. The van der Waals surface area contributed by atoms with Crippen LogP contribution in [-0.2, 0) is 0 Å². The second kappa shape index (κ2) is 6.51. The number of nitrogen functional groups attached to an aromatic ring is 1. The number of anilines is 1. The first-order valence-corrected chi connectivity index (χ1v) is 7.11. The molecule has 102 valence electrons. The van der Waals surface area contributed by atoms with Gasteiger partial charge in [-0.05, 0) is 59.3 Å². The van der Waals surface area contributed by atoms with Gasteiger partial charge in [0.05, 0.1) is 11.3 Å². The number of carbonyl (C=O) groups is 1. The number of benzene rings is 2. The highest BCUT2D eigenvalue weighted by Crippen LogP contribution is 2.11. The van der Waals surface area contributed by atoms with Gasteiger partial charge in [0, 0.05) is 9.26 Å². The molecule has 0 heterocycles. The van der Waals surface area contributed by atoms with Crippen LogP contribution in [0.3, 0.4) is 0 Å². The fourth-order valence-electron chi connectivity index (χ4n) is 1.63. The van der Waals surface area contributed by atoms with E-state index in [0.29, 0.717) is 11.3 Å². The molecule has 2 rings (SSSR count). The van der Waals surface area contributed by atoms with Crippen molar-refractivity contribution in [2.75, 3.05) is 5.73 Å². The zero-order valence-electron chi connectivity index (χ0n) is 10.9. The molecule has 0 fully saturated rings. The molecule has 0 saturated carbocycles. The monoisotopic (exact) mass is 379 g/mol. The number of hydrogen-bond acceptors (Lipinski definition) is 3. The molecule has 4 nitrogen and oxygen atoms in total. The van der Waals surface area contributed by atoms with E-state index in [9.17, 15) is 4.79 Å². The van der Waals surface area contributed by atoms with Gasteiger partial charge in [-0.2, -0.15) is 5.10 Å². The summed E-state index contributed by atoms with van der Waals surface area (Å²) in [4.78, 5) is 12.0. The number of hydrazone groups is 1. The van der Waals surface area contributed by atoms with E-state index in [2.05, 4.69) is 33.1 Å². The van der Waals surface area contributed by atoms with Crippen molar-refractivity contribution in [2.45, 2.75) is 6.92 Å². The molecular formula is C15H14IN3O. The second-order valence-electron chi connectivity index (χ2n) is 4.24. The Bertz CT molecular complexity index is 650. The number of nitrogens with two attached hydrogens (primary N) is 1. The first kappa shape index (κ1) is 14.5. The molecule has 0 aliphatic heterocycles. The van der Waals surface area contributed by atoms with Gasteiger partial charge < -0.3 is 5.73 Å². The van der Waals surface area contributed by atoms with Gasteiger partial charge in [-0.25, -0.2) is 5.43 Å². The first-order valence-electron chi connectivity index (χ1n) is 6.03. The third kappa shape index (κ3) is 3.57. The highest BCUT2D eigenvalue weighted by Gasteiger charge is 2.08. The Labute approximate surface area is 131 Å². The van der Waals surface area contributed by atoms with Crippen LogP contribution in [0.25, 0.3) is 0 Å². The lowest BCUT2D eigenvalue weighted by Crippen LogP contribution is -2.20. The normalized spacial score (nSPS) is 11.2. The summed E-state index contributed by atoms with van der Waals surface area (Å²) in [5.41, 5.74) is 11.2. The lowest BCUT2D eigenvalue weighted by molar-refractivity contribution is 0.0954. The Morgan fingerprint density at radius 3 is 2.45 bits per heavy atom. The molecule has 0 unspecified atom stereocenters. The Morgan fingerprint density at radius 2 is 1.80 bits per heavy atom. The van der Waals surface area contributed by atoms with Crippen LogP contribution in [0.15, 0.2) is 53.6 Å². The van der Waals surface area contributed by atoms with Crippen molar-refractivity contribution in [3.05, 3.63) is 63.2 Å². The van der Waals surface area contributed by atoms with Crippen LogP contribution in [0.5, 0.6) is 0 Å². The molecule has 20 heavy (non-hydrogen) atoms. The minimum atomic E-state index is -0.218. The molecule has 0 radical (unpaired) electrons. The molecule has 0 bridgehead atoms. The predicted octanol–water partition coefficient (Wildman–Crippen LogP) is 3.03. The molecule has 0 spiro atoms. The Morgan fingerprint density at radius 1 is 1.15 bits per heavy atom. The summed E-state index contributed by atoms with van der Waals surface area (Å²) in [6, 6.07) is 14.7. The summed E-state index contributed by atoms with van der Waals surface area (Å²) in [7, 11) is 0. The summed E-state index contributed by atoms with van der Waals surface area (Å²) in [6.07, 6.45) is 0. The van der Waals surface area contributed by atoms with E-state index >= 15 is 0 Å². The largest absolute Gasteiger partial charge is 0.399 e. The quantitative estimate of drug-likeness (QED) is 0.373. The molecule has 2 aromatic rings. The van der Waals surface area contributed by atoms with E-state index in [0.717, 1.165) is 14.8 Å². The van der Waals surface area contributed by atoms with Gasteiger partial charge in [0.1, 0.15) is 0 Å². The van der Waals surface area contributed by atoms with Crippen LogP contribution in [0, 0.1) is 3.57 Å². The van der Waals surface area contributed by atoms with Crippen molar-refractivity contribution in [3.8, 4) is 0 Å². The zero-order chi connectivity index (χ0) is 14.5. The Kier molecular flexibility index (Phi) is 4.73. The van der Waals surface area contributed by atoms with Crippen molar-refractivity contribution in [1.29, 1.82) is 0 Å². The third-order valence-electron chi connectivity index (χ3n) is 2.77. The molecule has 0 atom stereocenters. The van der Waals surface area contributed by atoms with Crippen LogP contribution in [0.2, 0.25) is 0 Å². The highest BCUT2D eigenvalue weighted by molar-refractivity contribution is 14.1. The summed E-state index contributed by atoms with van der Waals surface area (Å²) in [5, 5.41) is 4.11. The van der Waals surface area contributed by atoms with Crippen LogP contribution in [0.4, 0.5) is 5.69 Å². The molecular weight excluding hydrogens is 365 g/mol. The molecule has 2 aromatic carbocycles. The van der Waals surface area contributed by atoms with E-state index in [1.807, 2.05) is 37.3 Å². The molecule has 0 aliphatic carbocycles. The number of halogens is 1. The number of nitrogens with one attached hydrogen (secondary N) is 1. The van der Waals surface area contributed by atoms with Crippen LogP contribution < -0.4 is 11.2 Å². The fraction of sp³-hybridized carbons (Fsp3) is 0.0667. The smallest absolute Gasteiger partial charge is 0.272 e. The van der Waals surface area contributed by atoms with E-state index in [-0.39, 0.29) is 5.91 Å². The van der Waals surface area contributed by atoms with Gasteiger partial charge in [-0.15, -0.1) is 0 Å². The summed E-state index contributed by atoms with van der Waals surface area (Å²) >= 11 is 2.12. The maximum Gasteiger partial charge on any atom is 0.272 e. The van der Waals surface area contributed by atoms with Gasteiger partial charge in [-0.1, -0.05) is 24.3 Å². The standard InChI is InChI=1S/C15H14IN3O/c1-10(11-6-8-12(17)9-7-11)18-19-15(20)13-4-2-3-5-14(13)16/h2-9H,17H2,1H3,(H,19,20)/b18-10-. The number of hydrogen-bond donors (Lipinski definition) is 2. The summed E-state index contributed by atoms with van der Waals surface area (Å²) in [5.74, 6) is -0.218. The van der Waals surface area contributed by atoms with Crippen molar-refractivity contribution in [2.24, 2.45) is 5.10 Å². The van der Waals surface area contributed by atoms with Crippen LogP contribution in [-0.4, -0.2) is 11.6 Å². The lowest BCUT2D eigenvalue weighted by Gasteiger charge is -2.05. The minimum Gasteiger partial charge on any atom is -0.399 e. The number of carbonyl (C=O) groups excluding carboxylic acids is 1. The van der Waals surface area contributed by atoms with E-state index < -0.39 is 0 Å². The molecule has 5 heteroatoms. The lowest BCUT2D eigenvalue weighted by atomic mass is 10.1. The van der Waals surface area contributed by atoms with E-state index in [4.69, 9.17) is 5.73 Å². The van der Waals surface area contributed by atoms with Crippen LogP contribution in [0.1, 0.15) is 22.8 Å². The zero-order valence-corrected chi connectivity index (χ0v) is 13.1. The van der Waals surface area contributed by atoms with Crippen molar-refractivity contribution in [1.82, 2.24) is 5.43 Å². The summed E-state index contributed by atoms with van der Waals surface area (Å²) < 4.78 is 0.892. The molecule has 1 amide bonds. The molecule has 0 aromatic heterocycles. The fourth-order valence-corrected chi connectivity index (χ4v) is 2.26. The first-order chi connectivity index (χ1) is 9.58. The Hall–Kier alpha value is -1.89. The average Bonchev–Trinajstić information content (AvgIpc) is 2.45. The minimum absolute atomic E-state index is 0.218. The maximum atomic E-state index is 12.0. The third-order valence-corrected chi connectivity index (χ3v) is 3.71. The topological polar surface area (TPSA) is 67.5 Å². The molecule has 3 N–H and O–H groups in total. The predicted molar refractivity (Wildman–Crippen MR) is 89.7 cm³/mol. The van der Waals surface area contributed by atoms with Crippen molar-refractivity contribution >= 4 is 39.9 Å². The highest BCUT2D eigenvalue weighted by atomic mass is 127. The van der Waals surface area contributed by atoms with E-state index in [1.54, 1.807) is 18.2 Å². The van der Waals surface area contributed by atoms with Gasteiger partial charge in [0.2, 0.25) is 0 Å². The van der Waals surface area contributed by atoms with Gasteiger partial charge in [-0.3, -0.25) is 4.79 Å².